The molecule has 0 fully saturated rings. The molecule has 0 saturated heterocycles. The summed E-state index contributed by atoms with van der Waals surface area (Å²) < 4.78 is 0. The number of hydrogen-bond donors (Lipinski definition) is 1. The number of fused-ring (bicyclic) bond motifs is 1. The second-order valence-electron chi connectivity index (χ2n) is 6.44. The molecule has 26 heavy (non-hydrogen) atoms. The van der Waals surface area contributed by atoms with Crippen LogP contribution in [0, 0.1) is 6.92 Å². The highest BCUT2D eigenvalue weighted by molar-refractivity contribution is 5.86. The smallest absolute Gasteiger partial charge is 0.0937 e. The average molecular weight is 371 g/mol. The number of aliphatic hydroxyl groups is 1. The predicted octanol–water partition coefficient (Wildman–Crippen LogP) is 5.01. The Morgan fingerprint density at radius 3 is 2.35 bits per heavy atom. The van der Waals surface area contributed by atoms with Gasteiger partial charge in [-0.05, 0) is 31.6 Å². The fourth-order valence-electron chi connectivity index (χ4n) is 3.31. The van der Waals surface area contributed by atoms with Crippen LogP contribution in [0.2, 0.25) is 0 Å². The van der Waals surface area contributed by atoms with E-state index in [-0.39, 0.29) is 12.4 Å². The molecule has 0 aliphatic heterocycles. The van der Waals surface area contributed by atoms with Gasteiger partial charge in [-0.25, -0.2) is 4.98 Å². The van der Waals surface area contributed by atoms with Gasteiger partial charge in [0.2, 0.25) is 0 Å². The van der Waals surface area contributed by atoms with Crippen molar-refractivity contribution in [1.29, 1.82) is 0 Å². The first kappa shape index (κ1) is 20.4. The largest absolute Gasteiger partial charge is 0.387 e. The Balaban J connectivity index is 0.00000243. The highest BCUT2D eigenvalue weighted by Crippen LogP contribution is 2.29. The van der Waals surface area contributed by atoms with Crippen LogP contribution in [0.15, 0.2) is 54.6 Å². The maximum atomic E-state index is 10.8. The molecule has 2 aromatic carbocycles. The lowest BCUT2D eigenvalue weighted by Gasteiger charge is -2.23. The van der Waals surface area contributed by atoms with Gasteiger partial charge in [0, 0.05) is 23.1 Å². The van der Waals surface area contributed by atoms with Crippen LogP contribution in [0.3, 0.4) is 0 Å². The van der Waals surface area contributed by atoms with E-state index >= 15 is 0 Å². The summed E-state index contributed by atoms with van der Waals surface area (Å²) in [7, 11) is 0. The Hall–Kier alpha value is -1.94. The molecule has 0 aliphatic carbocycles. The highest BCUT2D eigenvalue weighted by atomic mass is 35.5. The molecule has 3 aromatic rings. The van der Waals surface area contributed by atoms with E-state index in [9.17, 15) is 5.11 Å². The normalized spacial score (nSPS) is 12.2. The van der Waals surface area contributed by atoms with Gasteiger partial charge in [-0.2, -0.15) is 0 Å². The number of aliphatic hydroxyl groups excluding tert-OH is 1. The molecule has 138 valence electrons. The zero-order valence-corrected chi connectivity index (χ0v) is 16.5. The number of nitrogens with zero attached hydrogens (tertiary/aromatic N) is 2. The van der Waals surface area contributed by atoms with E-state index in [0.29, 0.717) is 6.54 Å². The minimum absolute atomic E-state index is 0. The van der Waals surface area contributed by atoms with Gasteiger partial charge in [-0.3, -0.25) is 0 Å². The molecule has 0 aliphatic rings. The number of hydrogen-bond acceptors (Lipinski definition) is 3. The van der Waals surface area contributed by atoms with Crippen molar-refractivity contribution in [3.8, 4) is 11.3 Å². The van der Waals surface area contributed by atoms with Crippen LogP contribution in [0.4, 0.5) is 0 Å². The van der Waals surface area contributed by atoms with Crippen LogP contribution in [0.5, 0.6) is 0 Å². The molecule has 0 saturated carbocycles. The van der Waals surface area contributed by atoms with Crippen molar-refractivity contribution in [2.24, 2.45) is 0 Å². The van der Waals surface area contributed by atoms with Crippen molar-refractivity contribution in [2.45, 2.75) is 26.9 Å². The minimum atomic E-state index is -0.539. The zero-order valence-electron chi connectivity index (χ0n) is 15.6. The van der Waals surface area contributed by atoms with Gasteiger partial charge in [-0.15, -0.1) is 12.4 Å². The molecule has 4 heteroatoms. The van der Waals surface area contributed by atoms with Gasteiger partial charge in [0.05, 0.1) is 17.3 Å². The lowest BCUT2D eigenvalue weighted by atomic mass is 10.00. The molecule has 0 amide bonds. The Morgan fingerprint density at radius 1 is 1.00 bits per heavy atom. The number of benzene rings is 2. The third kappa shape index (κ3) is 4.24. The fourth-order valence-corrected chi connectivity index (χ4v) is 3.31. The van der Waals surface area contributed by atoms with Gasteiger partial charge in [0.25, 0.3) is 0 Å². The quantitative estimate of drug-likeness (QED) is 0.662. The SMILES string of the molecule is CCN(CC)CC(O)c1cccc2cc(C)c(-c3ccccc3)nc12.Cl. The third-order valence-electron chi connectivity index (χ3n) is 4.80. The summed E-state index contributed by atoms with van der Waals surface area (Å²) in [6, 6.07) is 18.5. The van der Waals surface area contributed by atoms with E-state index < -0.39 is 6.10 Å². The molecule has 0 radical (unpaired) electrons. The average Bonchev–Trinajstić information content (AvgIpc) is 2.65. The van der Waals surface area contributed by atoms with Crippen molar-refractivity contribution in [3.63, 3.8) is 0 Å². The number of aryl methyl sites for hydroxylation is 1. The number of pyridine rings is 1. The van der Waals surface area contributed by atoms with Gasteiger partial charge in [0.15, 0.2) is 0 Å². The van der Waals surface area contributed by atoms with Crippen molar-refractivity contribution in [3.05, 3.63) is 65.7 Å². The first-order chi connectivity index (χ1) is 12.1. The Morgan fingerprint density at radius 2 is 1.69 bits per heavy atom. The Bertz CT molecular complexity index is 847. The number of halogens is 1. The van der Waals surface area contributed by atoms with E-state index in [2.05, 4.69) is 49.9 Å². The maximum Gasteiger partial charge on any atom is 0.0937 e. The van der Waals surface area contributed by atoms with E-state index in [0.717, 1.165) is 46.4 Å². The van der Waals surface area contributed by atoms with E-state index in [4.69, 9.17) is 4.98 Å². The van der Waals surface area contributed by atoms with Crippen molar-refractivity contribution in [1.82, 2.24) is 9.88 Å². The van der Waals surface area contributed by atoms with Crippen LogP contribution in [0.25, 0.3) is 22.2 Å². The fraction of sp³-hybridized carbons (Fsp3) is 0.318. The molecular formula is C22H27ClN2O. The van der Waals surface area contributed by atoms with Crippen LogP contribution in [-0.2, 0) is 0 Å². The highest BCUT2D eigenvalue weighted by Gasteiger charge is 2.16. The lowest BCUT2D eigenvalue weighted by Crippen LogP contribution is -2.28. The molecule has 1 aromatic heterocycles. The van der Waals surface area contributed by atoms with E-state index in [1.807, 2.05) is 30.3 Å². The van der Waals surface area contributed by atoms with Crippen molar-refractivity contribution < 1.29 is 5.11 Å². The van der Waals surface area contributed by atoms with Crippen LogP contribution in [-0.4, -0.2) is 34.6 Å². The molecular weight excluding hydrogens is 344 g/mol. The van der Waals surface area contributed by atoms with Gasteiger partial charge < -0.3 is 10.0 Å². The first-order valence-corrected chi connectivity index (χ1v) is 9.00. The molecule has 1 N–H and O–H groups in total. The second-order valence-corrected chi connectivity index (χ2v) is 6.44. The molecule has 1 atom stereocenters. The molecule has 0 bridgehead atoms. The summed E-state index contributed by atoms with van der Waals surface area (Å²) in [6.07, 6.45) is -0.539. The zero-order chi connectivity index (χ0) is 17.8. The number of likely N-dealkylation sites (N-methyl/N-ethyl adjacent to an activating group) is 1. The standard InChI is InChI=1S/C22H26N2O.ClH/c1-4-24(5-2)15-20(25)19-13-9-12-18-14-16(3)21(23-22(18)19)17-10-7-6-8-11-17;/h6-14,20,25H,4-5,15H2,1-3H3;1H. The summed E-state index contributed by atoms with van der Waals surface area (Å²) in [5, 5.41) is 11.9. The summed E-state index contributed by atoms with van der Waals surface area (Å²) in [6.45, 7) is 8.82. The molecule has 3 nitrogen and oxygen atoms in total. The van der Waals surface area contributed by atoms with Crippen molar-refractivity contribution in [2.75, 3.05) is 19.6 Å². The van der Waals surface area contributed by atoms with Gasteiger partial charge in [0.1, 0.15) is 0 Å². The Labute approximate surface area is 162 Å². The monoisotopic (exact) mass is 370 g/mol. The summed E-state index contributed by atoms with van der Waals surface area (Å²) in [4.78, 5) is 7.18. The van der Waals surface area contributed by atoms with E-state index in [1.54, 1.807) is 0 Å². The predicted molar refractivity (Wildman–Crippen MR) is 112 cm³/mol. The maximum absolute atomic E-state index is 10.8. The lowest BCUT2D eigenvalue weighted by molar-refractivity contribution is 0.120. The van der Waals surface area contributed by atoms with Crippen LogP contribution < -0.4 is 0 Å². The molecule has 1 heterocycles. The van der Waals surface area contributed by atoms with E-state index in [1.165, 1.54) is 0 Å². The molecule has 0 spiro atoms. The molecule has 1 unspecified atom stereocenters. The van der Waals surface area contributed by atoms with Crippen molar-refractivity contribution >= 4 is 23.3 Å². The summed E-state index contributed by atoms with van der Waals surface area (Å²) >= 11 is 0. The third-order valence-corrected chi connectivity index (χ3v) is 4.80. The summed E-state index contributed by atoms with van der Waals surface area (Å²) in [5.41, 5.74) is 5.03. The first-order valence-electron chi connectivity index (χ1n) is 9.00. The number of aromatic nitrogens is 1. The molecule has 3 rings (SSSR count). The van der Waals surface area contributed by atoms with Gasteiger partial charge in [-0.1, -0.05) is 62.4 Å². The second kappa shape index (κ2) is 9.13. The number of para-hydroxylation sites is 1. The van der Waals surface area contributed by atoms with Crippen LogP contribution in [0.1, 0.15) is 31.1 Å². The summed E-state index contributed by atoms with van der Waals surface area (Å²) in [5.74, 6) is 0. The van der Waals surface area contributed by atoms with Gasteiger partial charge >= 0.3 is 0 Å². The Kier molecular flexibility index (Phi) is 7.15. The minimum Gasteiger partial charge on any atom is -0.387 e. The topological polar surface area (TPSA) is 36.4 Å². The number of rotatable bonds is 6. The van der Waals surface area contributed by atoms with Crippen LogP contribution >= 0.6 is 12.4 Å².